The Bertz CT molecular complexity index is 413. The van der Waals surface area contributed by atoms with Crippen molar-refractivity contribution < 1.29 is 4.92 Å². The average molecular weight is 243 g/mol. The van der Waals surface area contributed by atoms with E-state index in [-0.39, 0.29) is 17.1 Å². The van der Waals surface area contributed by atoms with Crippen molar-refractivity contribution in [2.75, 3.05) is 0 Å². The Morgan fingerprint density at radius 1 is 1.44 bits per heavy atom. The Labute approximate surface area is 99.6 Å². The maximum atomic E-state index is 10.7. The second kappa shape index (κ2) is 4.39. The maximum Gasteiger partial charge on any atom is 0.269 e. The number of nitrogens with two attached hydrogens (primary N) is 1. The lowest BCUT2D eigenvalue weighted by molar-refractivity contribution is -0.384. The minimum Gasteiger partial charge on any atom is -0.323 e. The van der Waals surface area contributed by atoms with Gasteiger partial charge in [0.25, 0.3) is 5.69 Å². The molecule has 16 heavy (non-hydrogen) atoms. The standard InChI is InChI=1S/C11H15ClN2O2/c1-11(2,3)10(13)8-6-7(14(15)16)4-5-9(8)12/h4-6,10H,13H2,1-3H3/t10-/m1/s1. The highest BCUT2D eigenvalue weighted by Gasteiger charge is 2.25. The van der Waals surface area contributed by atoms with Gasteiger partial charge < -0.3 is 5.73 Å². The molecule has 0 saturated heterocycles. The van der Waals surface area contributed by atoms with Crippen LogP contribution in [0.2, 0.25) is 5.02 Å². The lowest BCUT2D eigenvalue weighted by atomic mass is 9.83. The molecule has 88 valence electrons. The molecule has 2 N–H and O–H groups in total. The SMILES string of the molecule is CC(C)(C)[C@H](N)c1cc([N+](=O)[O-])ccc1Cl. The summed E-state index contributed by atoms with van der Waals surface area (Å²) < 4.78 is 0. The minimum atomic E-state index is -0.449. The van der Waals surface area contributed by atoms with Crippen molar-refractivity contribution in [2.45, 2.75) is 26.8 Å². The van der Waals surface area contributed by atoms with E-state index in [1.807, 2.05) is 20.8 Å². The van der Waals surface area contributed by atoms with Crippen LogP contribution in [0.1, 0.15) is 32.4 Å². The molecule has 0 aliphatic heterocycles. The van der Waals surface area contributed by atoms with E-state index in [2.05, 4.69) is 0 Å². The van der Waals surface area contributed by atoms with Crippen molar-refractivity contribution in [2.24, 2.45) is 11.1 Å². The zero-order valence-electron chi connectivity index (χ0n) is 9.53. The van der Waals surface area contributed by atoms with Crippen LogP contribution in [0.4, 0.5) is 5.69 Å². The van der Waals surface area contributed by atoms with Crippen molar-refractivity contribution in [1.82, 2.24) is 0 Å². The Hall–Kier alpha value is -1.13. The molecule has 0 radical (unpaired) electrons. The molecule has 0 spiro atoms. The smallest absolute Gasteiger partial charge is 0.269 e. The van der Waals surface area contributed by atoms with Crippen LogP contribution in [0, 0.1) is 15.5 Å². The van der Waals surface area contributed by atoms with Crippen molar-refractivity contribution in [3.63, 3.8) is 0 Å². The van der Waals surface area contributed by atoms with E-state index in [9.17, 15) is 10.1 Å². The van der Waals surface area contributed by atoms with Gasteiger partial charge in [-0.1, -0.05) is 32.4 Å². The number of hydrogen-bond acceptors (Lipinski definition) is 3. The summed E-state index contributed by atoms with van der Waals surface area (Å²) in [6.45, 7) is 5.90. The molecule has 0 fully saturated rings. The van der Waals surface area contributed by atoms with Gasteiger partial charge in [-0.2, -0.15) is 0 Å². The van der Waals surface area contributed by atoms with E-state index in [4.69, 9.17) is 17.3 Å². The van der Waals surface area contributed by atoms with Gasteiger partial charge in [-0.05, 0) is 17.0 Å². The predicted molar refractivity (Wildman–Crippen MR) is 64.5 cm³/mol. The molecule has 1 atom stereocenters. The predicted octanol–water partition coefficient (Wildman–Crippen LogP) is 3.29. The van der Waals surface area contributed by atoms with Gasteiger partial charge in [0.15, 0.2) is 0 Å². The lowest BCUT2D eigenvalue weighted by Gasteiger charge is -2.27. The molecule has 0 amide bonds. The zero-order chi connectivity index (χ0) is 12.5. The van der Waals surface area contributed by atoms with Gasteiger partial charge in [0, 0.05) is 23.2 Å². The van der Waals surface area contributed by atoms with Gasteiger partial charge in [-0.25, -0.2) is 0 Å². The normalized spacial score (nSPS) is 13.6. The molecular weight excluding hydrogens is 228 g/mol. The second-order valence-electron chi connectivity index (χ2n) is 4.81. The van der Waals surface area contributed by atoms with Gasteiger partial charge in [-0.3, -0.25) is 10.1 Å². The molecule has 1 aromatic rings. The van der Waals surface area contributed by atoms with E-state index in [0.717, 1.165) is 0 Å². The Balaban J connectivity index is 3.22. The van der Waals surface area contributed by atoms with Crippen LogP contribution >= 0.6 is 11.6 Å². The molecule has 0 heterocycles. The van der Waals surface area contributed by atoms with E-state index < -0.39 is 4.92 Å². The van der Waals surface area contributed by atoms with Gasteiger partial charge in [0.05, 0.1) is 4.92 Å². The molecule has 1 rings (SSSR count). The number of benzene rings is 1. The first kappa shape index (κ1) is 12.9. The van der Waals surface area contributed by atoms with Gasteiger partial charge in [0.2, 0.25) is 0 Å². The molecule has 0 aromatic heterocycles. The Kier molecular flexibility index (Phi) is 3.55. The fourth-order valence-electron chi connectivity index (χ4n) is 1.35. The molecule has 0 aliphatic rings. The van der Waals surface area contributed by atoms with Crippen molar-refractivity contribution >= 4 is 17.3 Å². The molecule has 4 nitrogen and oxygen atoms in total. The van der Waals surface area contributed by atoms with Crippen LogP contribution in [-0.2, 0) is 0 Å². The Morgan fingerprint density at radius 2 is 2.00 bits per heavy atom. The molecule has 0 bridgehead atoms. The summed E-state index contributed by atoms with van der Waals surface area (Å²) in [5.74, 6) is 0. The van der Waals surface area contributed by atoms with Gasteiger partial charge >= 0.3 is 0 Å². The number of non-ortho nitro benzene ring substituents is 1. The van der Waals surface area contributed by atoms with E-state index >= 15 is 0 Å². The fourth-order valence-corrected chi connectivity index (χ4v) is 1.58. The van der Waals surface area contributed by atoms with Gasteiger partial charge in [-0.15, -0.1) is 0 Å². The quantitative estimate of drug-likeness (QED) is 0.639. The van der Waals surface area contributed by atoms with E-state index in [1.165, 1.54) is 18.2 Å². The van der Waals surface area contributed by atoms with Crippen LogP contribution in [0.15, 0.2) is 18.2 Å². The first-order chi connectivity index (χ1) is 7.23. The summed E-state index contributed by atoms with van der Waals surface area (Å²) in [7, 11) is 0. The number of halogens is 1. The third kappa shape index (κ3) is 2.71. The van der Waals surface area contributed by atoms with Crippen LogP contribution in [-0.4, -0.2) is 4.92 Å². The summed E-state index contributed by atoms with van der Waals surface area (Å²) in [4.78, 5) is 10.2. The lowest BCUT2D eigenvalue weighted by Crippen LogP contribution is -2.26. The van der Waals surface area contributed by atoms with E-state index in [1.54, 1.807) is 0 Å². The molecular formula is C11H15ClN2O2. The second-order valence-corrected chi connectivity index (χ2v) is 5.21. The van der Waals surface area contributed by atoms with Crippen molar-refractivity contribution in [1.29, 1.82) is 0 Å². The largest absolute Gasteiger partial charge is 0.323 e. The van der Waals surface area contributed by atoms with Crippen LogP contribution in [0.25, 0.3) is 0 Å². The zero-order valence-corrected chi connectivity index (χ0v) is 10.3. The molecule has 5 heteroatoms. The molecule has 0 aliphatic carbocycles. The van der Waals surface area contributed by atoms with Gasteiger partial charge in [0.1, 0.15) is 0 Å². The first-order valence-corrected chi connectivity index (χ1v) is 5.30. The molecule has 1 aromatic carbocycles. The number of nitrogens with zero attached hydrogens (tertiary/aromatic N) is 1. The maximum absolute atomic E-state index is 10.7. The topological polar surface area (TPSA) is 69.2 Å². The summed E-state index contributed by atoms with van der Waals surface area (Å²) in [5, 5.41) is 11.1. The van der Waals surface area contributed by atoms with Crippen molar-refractivity contribution in [3.05, 3.63) is 38.9 Å². The van der Waals surface area contributed by atoms with Crippen molar-refractivity contribution in [3.8, 4) is 0 Å². The van der Waals surface area contributed by atoms with Crippen LogP contribution < -0.4 is 5.73 Å². The van der Waals surface area contributed by atoms with Crippen LogP contribution in [0.5, 0.6) is 0 Å². The Morgan fingerprint density at radius 3 is 2.44 bits per heavy atom. The number of hydrogen-bond donors (Lipinski definition) is 1. The summed E-state index contributed by atoms with van der Waals surface area (Å²) in [6, 6.07) is 4.00. The third-order valence-corrected chi connectivity index (χ3v) is 2.80. The van der Waals surface area contributed by atoms with Crippen LogP contribution in [0.3, 0.4) is 0 Å². The number of nitro groups is 1. The van der Waals surface area contributed by atoms with E-state index in [0.29, 0.717) is 10.6 Å². The number of nitro benzene ring substituents is 1. The third-order valence-electron chi connectivity index (χ3n) is 2.46. The highest BCUT2D eigenvalue weighted by molar-refractivity contribution is 6.31. The summed E-state index contributed by atoms with van der Waals surface area (Å²) in [5.41, 5.74) is 6.47. The fraction of sp³-hybridized carbons (Fsp3) is 0.455. The number of rotatable bonds is 2. The highest BCUT2D eigenvalue weighted by atomic mass is 35.5. The summed E-state index contributed by atoms with van der Waals surface area (Å²) >= 11 is 6.00. The summed E-state index contributed by atoms with van der Waals surface area (Å²) in [6.07, 6.45) is 0. The first-order valence-electron chi connectivity index (χ1n) is 4.93. The molecule has 0 unspecified atom stereocenters. The monoisotopic (exact) mass is 242 g/mol. The highest BCUT2D eigenvalue weighted by Crippen LogP contribution is 2.35. The average Bonchev–Trinajstić information content (AvgIpc) is 2.15. The minimum absolute atomic E-state index is 0.0131. The molecule has 0 saturated carbocycles.